The van der Waals surface area contributed by atoms with Crippen LogP contribution in [0.1, 0.15) is 53.6 Å². The average Bonchev–Trinajstić information content (AvgIpc) is 2.85. The first kappa shape index (κ1) is 22.1. The van der Waals surface area contributed by atoms with E-state index < -0.39 is 0 Å². The number of aryl methyl sites for hydroxylation is 3. The molecule has 5 rings (SSSR count). The van der Waals surface area contributed by atoms with E-state index >= 15 is 0 Å². The Morgan fingerprint density at radius 2 is 1.85 bits per heavy atom. The maximum atomic E-state index is 13.5. The molecular formula is C27H29N5O2. The number of carbonyl (C=O) groups is 1. The van der Waals surface area contributed by atoms with Crippen LogP contribution >= 0.6 is 0 Å². The molecule has 1 fully saturated rings. The number of nitrogens with zero attached hydrogens (tertiary/aromatic N) is 3. The zero-order chi connectivity index (χ0) is 23.7. The third kappa shape index (κ3) is 4.14. The average molecular weight is 456 g/mol. The number of pyridine rings is 2. The van der Waals surface area contributed by atoms with Crippen LogP contribution in [0.5, 0.6) is 0 Å². The van der Waals surface area contributed by atoms with Crippen LogP contribution in [0.25, 0.3) is 16.7 Å². The van der Waals surface area contributed by atoms with Gasteiger partial charge in [0.1, 0.15) is 16.8 Å². The van der Waals surface area contributed by atoms with Crippen molar-refractivity contribution in [2.75, 3.05) is 0 Å². The van der Waals surface area contributed by atoms with E-state index in [0.717, 1.165) is 36.8 Å². The summed E-state index contributed by atoms with van der Waals surface area (Å²) in [5.41, 5.74) is 3.07. The molecule has 0 radical (unpaired) electrons. The summed E-state index contributed by atoms with van der Waals surface area (Å²) >= 11 is 0. The minimum absolute atomic E-state index is 0.0848. The Morgan fingerprint density at radius 3 is 2.62 bits per heavy atom. The van der Waals surface area contributed by atoms with Crippen molar-refractivity contribution in [1.82, 2.24) is 19.3 Å². The molecular weight excluding hydrogens is 426 g/mol. The van der Waals surface area contributed by atoms with Crippen LogP contribution in [0.3, 0.4) is 0 Å². The summed E-state index contributed by atoms with van der Waals surface area (Å²) in [5.74, 6) is -0.291. The Balaban J connectivity index is 1.66. The van der Waals surface area contributed by atoms with Gasteiger partial charge in [-0.25, -0.2) is 4.98 Å². The summed E-state index contributed by atoms with van der Waals surface area (Å²) in [5, 5.41) is 12.4. The molecule has 0 bridgehead atoms. The van der Waals surface area contributed by atoms with Crippen LogP contribution in [0, 0.1) is 12.3 Å². The molecule has 34 heavy (non-hydrogen) atoms. The number of aromatic nitrogens is 3. The van der Waals surface area contributed by atoms with Gasteiger partial charge in [-0.3, -0.25) is 19.4 Å². The van der Waals surface area contributed by atoms with Gasteiger partial charge < -0.3 is 9.88 Å². The first-order chi connectivity index (χ1) is 16.5. The Morgan fingerprint density at radius 1 is 1.09 bits per heavy atom. The monoisotopic (exact) mass is 455 g/mol. The third-order valence-corrected chi connectivity index (χ3v) is 6.79. The van der Waals surface area contributed by atoms with E-state index in [1.165, 1.54) is 10.8 Å². The van der Waals surface area contributed by atoms with E-state index in [1.807, 2.05) is 49.4 Å². The fourth-order valence-electron chi connectivity index (χ4n) is 4.88. The van der Waals surface area contributed by atoms with Crippen molar-refractivity contribution in [1.29, 1.82) is 5.41 Å². The molecule has 1 aliphatic rings. The number of rotatable bonds is 5. The second kappa shape index (κ2) is 9.25. The molecule has 3 aromatic heterocycles. The van der Waals surface area contributed by atoms with Crippen LogP contribution < -0.4 is 16.4 Å². The Kier molecular flexibility index (Phi) is 6.01. The van der Waals surface area contributed by atoms with Crippen molar-refractivity contribution in [3.63, 3.8) is 0 Å². The molecule has 7 heteroatoms. The predicted molar refractivity (Wildman–Crippen MR) is 132 cm³/mol. The molecule has 174 valence electrons. The number of hydrogen-bond acceptors (Lipinski definition) is 4. The topological polar surface area (TPSA) is 92.3 Å². The molecule has 0 unspecified atom stereocenters. The Bertz CT molecular complexity index is 1480. The molecule has 0 atom stereocenters. The van der Waals surface area contributed by atoms with Gasteiger partial charge in [-0.05, 0) is 49.4 Å². The minimum atomic E-state index is -0.291. The van der Waals surface area contributed by atoms with E-state index in [4.69, 9.17) is 10.4 Å². The van der Waals surface area contributed by atoms with Crippen LogP contribution in [0.4, 0.5) is 0 Å². The zero-order valence-corrected chi connectivity index (χ0v) is 19.4. The van der Waals surface area contributed by atoms with Gasteiger partial charge in [0.25, 0.3) is 11.5 Å². The molecule has 1 aliphatic carbocycles. The molecule has 3 heterocycles. The zero-order valence-electron chi connectivity index (χ0n) is 19.4. The predicted octanol–water partition coefficient (Wildman–Crippen LogP) is 3.74. The molecule has 4 aromatic rings. The summed E-state index contributed by atoms with van der Waals surface area (Å²) < 4.78 is 3.23. The summed E-state index contributed by atoms with van der Waals surface area (Å²) in [6.45, 7) is 2.36. The van der Waals surface area contributed by atoms with Crippen LogP contribution in [0.15, 0.2) is 59.5 Å². The standard InChI is InChI=1S/C27H29N5O2/c1-18-9-8-15-32-24(18)30-25-22(27(32)34)17-21(26(33)29-20-12-6-3-7-13-20)23(28)31(25)16-14-19-10-4-2-5-11-19/h2,4-5,8-11,15,17,20,28H,3,6-7,12-14,16H2,1H3,(H,29,33). The lowest BCUT2D eigenvalue weighted by Gasteiger charge is -2.23. The SMILES string of the molecule is Cc1cccn2c(=O)c3cc(C(=O)NC4CCCCC4)c(=N)n(CCc4ccccc4)c3nc12. The van der Waals surface area contributed by atoms with Gasteiger partial charge in [-0.2, -0.15) is 0 Å². The summed E-state index contributed by atoms with van der Waals surface area (Å²) in [6.07, 6.45) is 7.66. The first-order valence-electron chi connectivity index (χ1n) is 12.0. The van der Waals surface area contributed by atoms with Crippen molar-refractivity contribution in [3.05, 3.63) is 87.3 Å². The number of benzene rings is 1. The molecule has 1 aromatic carbocycles. The van der Waals surface area contributed by atoms with Gasteiger partial charge in [0, 0.05) is 18.8 Å². The number of fused-ring (bicyclic) bond motifs is 2. The molecule has 2 N–H and O–H groups in total. The van der Waals surface area contributed by atoms with Gasteiger partial charge in [0.05, 0.1) is 10.9 Å². The van der Waals surface area contributed by atoms with E-state index in [2.05, 4.69) is 5.32 Å². The van der Waals surface area contributed by atoms with Gasteiger partial charge in [0.15, 0.2) is 0 Å². The maximum absolute atomic E-state index is 13.5. The fourth-order valence-corrected chi connectivity index (χ4v) is 4.88. The van der Waals surface area contributed by atoms with Crippen molar-refractivity contribution in [2.45, 2.75) is 58.0 Å². The van der Waals surface area contributed by atoms with E-state index in [-0.39, 0.29) is 28.6 Å². The van der Waals surface area contributed by atoms with E-state index in [9.17, 15) is 9.59 Å². The second-order valence-electron chi connectivity index (χ2n) is 9.14. The third-order valence-electron chi connectivity index (χ3n) is 6.79. The van der Waals surface area contributed by atoms with Crippen molar-refractivity contribution in [2.24, 2.45) is 0 Å². The second-order valence-corrected chi connectivity index (χ2v) is 9.14. The normalized spacial score (nSPS) is 14.5. The highest BCUT2D eigenvalue weighted by atomic mass is 16.2. The van der Waals surface area contributed by atoms with Gasteiger partial charge >= 0.3 is 0 Å². The Labute approximate surface area is 197 Å². The quantitative estimate of drug-likeness (QED) is 0.449. The lowest BCUT2D eigenvalue weighted by molar-refractivity contribution is 0.0925. The smallest absolute Gasteiger partial charge is 0.267 e. The molecule has 0 aliphatic heterocycles. The van der Waals surface area contributed by atoms with Crippen LogP contribution in [0.2, 0.25) is 0 Å². The van der Waals surface area contributed by atoms with E-state index in [0.29, 0.717) is 29.6 Å². The lowest BCUT2D eigenvalue weighted by Crippen LogP contribution is -2.40. The van der Waals surface area contributed by atoms with Crippen molar-refractivity contribution < 1.29 is 4.79 Å². The van der Waals surface area contributed by atoms with Crippen molar-refractivity contribution >= 4 is 22.6 Å². The number of nitrogens with one attached hydrogen (secondary N) is 2. The highest BCUT2D eigenvalue weighted by molar-refractivity contribution is 5.97. The van der Waals surface area contributed by atoms with E-state index in [1.54, 1.807) is 16.8 Å². The lowest BCUT2D eigenvalue weighted by atomic mass is 9.95. The van der Waals surface area contributed by atoms with Crippen LogP contribution in [-0.4, -0.2) is 25.9 Å². The molecule has 0 spiro atoms. The molecule has 0 saturated heterocycles. The molecule has 7 nitrogen and oxygen atoms in total. The molecule has 1 amide bonds. The van der Waals surface area contributed by atoms with Crippen molar-refractivity contribution in [3.8, 4) is 0 Å². The van der Waals surface area contributed by atoms with Gasteiger partial charge in [-0.15, -0.1) is 0 Å². The summed E-state index contributed by atoms with van der Waals surface area (Å²) in [6, 6.07) is 15.4. The number of amides is 1. The van der Waals surface area contributed by atoms with Gasteiger partial charge in [0.2, 0.25) is 0 Å². The first-order valence-corrected chi connectivity index (χ1v) is 12.0. The fraction of sp³-hybridized carbons (Fsp3) is 0.333. The number of hydrogen-bond donors (Lipinski definition) is 2. The highest BCUT2D eigenvalue weighted by Crippen LogP contribution is 2.18. The minimum Gasteiger partial charge on any atom is -0.349 e. The van der Waals surface area contributed by atoms with Gasteiger partial charge in [-0.1, -0.05) is 55.7 Å². The summed E-state index contributed by atoms with van der Waals surface area (Å²) in [4.78, 5) is 31.5. The van der Waals surface area contributed by atoms with Crippen LogP contribution in [-0.2, 0) is 13.0 Å². The largest absolute Gasteiger partial charge is 0.349 e. The maximum Gasteiger partial charge on any atom is 0.267 e. The summed E-state index contributed by atoms with van der Waals surface area (Å²) in [7, 11) is 0. The Hall–Kier alpha value is -3.74. The number of carbonyl (C=O) groups excluding carboxylic acids is 1. The highest BCUT2D eigenvalue weighted by Gasteiger charge is 2.21. The molecule has 1 saturated carbocycles.